The minimum Gasteiger partial charge on any atom is -0.432 e. The van der Waals surface area contributed by atoms with E-state index in [2.05, 4.69) is 15.5 Å². The number of para-hydroxylation sites is 1. The molecule has 0 saturated heterocycles. The first kappa shape index (κ1) is 21.6. The van der Waals surface area contributed by atoms with Gasteiger partial charge in [-0.15, -0.1) is 0 Å². The summed E-state index contributed by atoms with van der Waals surface area (Å²) in [6, 6.07) is 16.6. The number of halogens is 2. The minimum atomic E-state index is -3.07. The molecule has 0 spiro atoms. The Hall–Kier alpha value is -4.60. The molecule has 33 heavy (non-hydrogen) atoms. The fourth-order valence-electron chi connectivity index (χ4n) is 3.11. The quantitative estimate of drug-likeness (QED) is 0.395. The van der Waals surface area contributed by atoms with Gasteiger partial charge in [-0.2, -0.15) is 19.0 Å². The zero-order valence-corrected chi connectivity index (χ0v) is 17.1. The molecule has 2 aromatic carbocycles. The number of benzene rings is 2. The molecule has 0 aliphatic rings. The molecule has 0 unspecified atom stereocenters. The Labute approximate surface area is 186 Å². The van der Waals surface area contributed by atoms with Crippen molar-refractivity contribution in [3.8, 4) is 17.1 Å². The monoisotopic (exact) mass is 448 g/mol. The van der Waals surface area contributed by atoms with Gasteiger partial charge in [0.25, 0.3) is 0 Å². The summed E-state index contributed by atoms with van der Waals surface area (Å²) < 4.78 is 33.8. The predicted octanol–water partition coefficient (Wildman–Crippen LogP) is 4.12. The van der Waals surface area contributed by atoms with E-state index in [0.717, 1.165) is 6.21 Å². The second-order valence-electron chi connectivity index (χ2n) is 6.69. The van der Waals surface area contributed by atoms with E-state index in [0.29, 0.717) is 11.4 Å². The van der Waals surface area contributed by atoms with Crippen molar-refractivity contribution >= 4 is 17.6 Å². The number of hydrogen-bond acceptors (Lipinski definition) is 6. The third-order valence-electron chi connectivity index (χ3n) is 4.54. The van der Waals surface area contributed by atoms with E-state index in [1.165, 1.54) is 33.8 Å². The van der Waals surface area contributed by atoms with Crippen LogP contribution in [0.3, 0.4) is 0 Å². The highest BCUT2D eigenvalue weighted by Gasteiger charge is 2.16. The van der Waals surface area contributed by atoms with Gasteiger partial charge >= 0.3 is 6.61 Å². The zero-order chi connectivity index (χ0) is 23.2. The number of aromatic nitrogens is 4. The standard InChI is InChI=1S/C23H18F2N6O2/c24-23(25)33-21-15-17(30-13-4-12-27-30)7-8-19(21)31-14-10-20(32)22(29-31)18(9-11-26)28-16-5-2-1-3-6-16/h1-15,23,26,28H/b18-9-,26-11?. The number of nitrogens with one attached hydrogen (secondary N) is 2. The van der Waals surface area contributed by atoms with Gasteiger partial charge in [0.2, 0.25) is 5.43 Å². The molecule has 10 heteroatoms. The van der Waals surface area contributed by atoms with Crippen LogP contribution in [0.1, 0.15) is 5.69 Å². The van der Waals surface area contributed by atoms with Crippen LogP contribution in [0.4, 0.5) is 14.5 Å². The average Bonchev–Trinajstić information content (AvgIpc) is 3.35. The number of rotatable bonds is 8. The first-order valence-electron chi connectivity index (χ1n) is 9.77. The highest BCUT2D eigenvalue weighted by atomic mass is 19.3. The van der Waals surface area contributed by atoms with Gasteiger partial charge in [-0.3, -0.25) is 4.79 Å². The molecule has 166 valence electrons. The van der Waals surface area contributed by atoms with E-state index in [1.807, 2.05) is 18.2 Å². The molecule has 0 aliphatic carbocycles. The number of alkyl halides is 2. The van der Waals surface area contributed by atoms with Crippen LogP contribution in [0.15, 0.2) is 90.1 Å². The topological polar surface area (TPSA) is 97.8 Å². The summed E-state index contributed by atoms with van der Waals surface area (Å²) in [6.07, 6.45) is 7.00. The molecular formula is C23H18F2N6O2. The van der Waals surface area contributed by atoms with Gasteiger partial charge < -0.3 is 15.5 Å². The lowest BCUT2D eigenvalue weighted by Gasteiger charge is -2.16. The summed E-state index contributed by atoms with van der Waals surface area (Å²) in [7, 11) is 0. The molecule has 0 saturated carbocycles. The van der Waals surface area contributed by atoms with Gasteiger partial charge in [0.15, 0.2) is 11.4 Å². The van der Waals surface area contributed by atoms with Gasteiger partial charge in [-0.05, 0) is 36.4 Å². The Morgan fingerprint density at radius 3 is 2.58 bits per heavy atom. The van der Waals surface area contributed by atoms with Crippen LogP contribution in [-0.4, -0.2) is 32.4 Å². The largest absolute Gasteiger partial charge is 0.432 e. The van der Waals surface area contributed by atoms with Crippen LogP contribution in [0.2, 0.25) is 0 Å². The first-order valence-corrected chi connectivity index (χ1v) is 9.77. The Morgan fingerprint density at radius 2 is 1.88 bits per heavy atom. The lowest BCUT2D eigenvalue weighted by atomic mass is 10.2. The summed E-state index contributed by atoms with van der Waals surface area (Å²) in [4.78, 5) is 12.6. The van der Waals surface area contributed by atoms with Crippen molar-refractivity contribution in [3.63, 3.8) is 0 Å². The summed E-state index contributed by atoms with van der Waals surface area (Å²) in [6.45, 7) is -3.07. The normalized spacial score (nSPS) is 11.4. The fourth-order valence-corrected chi connectivity index (χ4v) is 3.11. The van der Waals surface area contributed by atoms with Crippen LogP contribution < -0.4 is 15.5 Å². The maximum atomic E-state index is 13.1. The van der Waals surface area contributed by atoms with Gasteiger partial charge in [0, 0.05) is 42.6 Å². The number of allylic oxidation sites excluding steroid dienone is 1. The van der Waals surface area contributed by atoms with E-state index < -0.39 is 12.0 Å². The molecule has 4 aromatic rings. The highest BCUT2D eigenvalue weighted by molar-refractivity contribution is 5.86. The van der Waals surface area contributed by atoms with Crippen molar-refractivity contribution in [2.45, 2.75) is 6.61 Å². The van der Waals surface area contributed by atoms with Gasteiger partial charge in [-0.1, -0.05) is 18.2 Å². The molecule has 2 aromatic heterocycles. The molecule has 8 nitrogen and oxygen atoms in total. The zero-order valence-electron chi connectivity index (χ0n) is 17.1. The second kappa shape index (κ2) is 9.69. The van der Waals surface area contributed by atoms with E-state index in [1.54, 1.807) is 42.7 Å². The van der Waals surface area contributed by atoms with Crippen LogP contribution >= 0.6 is 0 Å². The molecule has 0 radical (unpaired) electrons. The van der Waals surface area contributed by atoms with Crippen molar-refractivity contribution in [2.75, 3.05) is 5.32 Å². The van der Waals surface area contributed by atoms with E-state index in [9.17, 15) is 13.6 Å². The SMILES string of the molecule is N=C/C=C(\Nc1ccccc1)c1nn(-c2ccc(-n3cccn3)cc2OC(F)F)ccc1=O. The van der Waals surface area contributed by atoms with Gasteiger partial charge in [0.05, 0.1) is 11.4 Å². The Morgan fingerprint density at radius 1 is 1.06 bits per heavy atom. The van der Waals surface area contributed by atoms with E-state index >= 15 is 0 Å². The van der Waals surface area contributed by atoms with Crippen molar-refractivity contribution in [2.24, 2.45) is 0 Å². The van der Waals surface area contributed by atoms with Crippen LogP contribution in [0.25, 0.3) is 17.1 Å². The van der Waals surface area contributed by atoms with Crippen LogP contribution in [0, 0.1) is 5.41 Å². The summed E-state index contributed by atoms with van der Waals surface area (Å²) in [5.74, 6) is -0.145. The number of anilines is 1. The lowest BCUT2D eigenvalue weighted by molar-refractivity contribution is -0.0499. The number of ether oxygens (including phenoxy) is 1. The summed E-state index contributed by atoms with van der Waals surface area (Å²) in [5, 5.41) is 18.9. The van der Waals surface area contributed by atoms with Gasteiger partial charge in [-0.25, -0.2) is 9.36 Å². The molecule has 0 bridgehead atoms. The molecule has 0 aliphatic heterocycles. The molecule has 2 heterocycles. The summed E-state index contributed by atoms with van der Waals surface area (Å²) >= 11 is 0. The molecule has 0 fully saturated rings. The van der Waals surface area contributed by atoms with Crippen LogP contribution in [0.5, 0.6) is 5.75 Å². The maximum Gasteiger partial charge on any atom is 0.387 e. The predicted molar refractivity (Wildman–Crippen MR) is 120 cm³/mol. The highest BCUT2D eigenvalue weighted by Crippen LogP contribution is 2.27. The number of nitrogens with zero attached hydrogens (tertiary/aromatic N) is 4. The Bertz CT molecular complexity index is 1330. The lowest BCUT2D eigenvalue weighted by Crippen LogP contribution is -2.19. The number of hydrogen-bond donors (Lipinski definition) is 2. The van der Waals surface area contributed by atoms with Crippen molar-refractivity contribution in [3.05, 3.63) is 101 Å². The molecule has 0 amide bonds. The van der Waals surface area contributed by atoms with E-state index in [-0.39, 0.29) is 22.8 Å². The third kappa shape index (κ3) is 5.01. The second-order valence-corrected chi connectivity index (χ2v) is 6.69. The molecular weight excluding hydrogens is 430 g/mol. The molecule has 4 rings (SSSR count). The summed E-state index contributed by atoms with van der Waals surface area (Å²) in [5.41, 5.74) is 1.26. The maximum absolute atomic E-state index is 13.1. The van der Waals surface area contributed by atoms with Crippen molar-refractivity contribution in [1.82, 2.24) is 19.6 Å². The Kier molecular flexibility index (Phi) is 6.35. The molecule has 0 atom stereocenters. The van der Waals surface area contributed by atoms with Gasteiger partial charge in [0.1, 0.15) is 5.69 Å². The Balaban J connectivity index is 1.78. The third-order valence-corrected chi connectivity index (χ3v) is 4.54. The smallest absolute Gasteiger partial charge is 0.387 e. The fraction of sp³-hybridized carbons (Fsp3) is 0.0435. The minimum absolute atomic E-state index is 0.00371. The van der Waals surface area contributed by atoms with Crippen LogP contribution in [-0.2, 0) is 0 Å². The first-order chi connectivity index (χ1) is 16.0. The average molecular weight is 448 g/mol. The van der Waals surface area contributed by atoms with E-state index in [4.69, 9.17) is 10.1 Å². The molecule has 2 N–H and O–H groups in total. The van der Waals surface area contributed by atoms with Crippen molar-refractivity contribution < 1.29 is 13.5 Å². The van der Waals surface area contributed by atoms with Crippen molar-refractivity contribution in [1.29, 1.82) is 5.41 Å².